The van der Waals surface area contributed by atoms with Crippen molar-refractivity contribution in [3.63, 3.8) is 0 Å². The quantitative estimate of drug-likeness (QED) is 0.459. The maximum absolute atomic E-state index is 13.0. The van der Waals surface area contributed by atoms with Gasteiger partial charge < -0.3 is 10.1 Å². The summed E-state index contributed by atoms with van der Waals surface area (Å²) in [6.07, 6.45) is 8.96. The van der Waals surface area contributed by atoms with Gasteiger partial charge in [0, 0.05) is 24.2 Å². The van der Waals surface area contributed by atoms with E-state index in [1.165, 1.54) is 18.2 Å². The molecule has 1 aliphatic carbocycles. The molecular formula is C21H24N6O2S. The third-order valence-electron chi connectivity index (χ3n) is 5.12. The zero-order valence-corrected chi connectivity index (χ0v) is 17.6. The minimum absolute atomic E-state index is 0.175. The molecular weight excluding hydrogens is 400 g/mol. The van der Waals surface area contributed by atoms with Gasteiger partial charge in [-0.25, -0.2) is 14.6 Å². The molecule has 0 bridgehead atoms. The van der Waals surface area contributed by atoms with Crippen LogP contribution in [0.1, 0.15) is 48.3 Å². The third kappa shape index (κ3) is 4.79. The van der Waals surface area contributed by atoms with E-state index in [-0.39, 0.29) is 11.9 Å². The van der Waals surface area contributed by atoms with Gasteiger partial charge >= 0.3 is 0 Å². The molecule has 4 rings (SSSR count). The summed E-state index contributed by atoms with van der Waals surface area (Å²) < 4.78 is 6.94. The number of thioether (sulfide) groups is 1. The summed E-state index contributed by atoms with van der Waals surface area (Å²) in [5.41, 5.74) is 1.87. The first-order chi connectivity index (χ1) is 14.7. The van der Waals surface area contributed by atoms with Gasteiger partial charge in [0.15, 0.2) is 10.9 Å². The lowest BCUT2D eigenvalue weighted by atomic mass is 9.95. The number of carbonyl (C=O) groups excluding carboxylic acids is 1. The number of aromatic nitrogens is 5. The second kappa shape index (κ2) is 9.71. The highest BCUT2D eigenvalue weighted by Gasteiger charge is 2.24. The van der Waals surface area contributed by atoms with E-state index in [2.05, 4.69) is 25.6 Å². The van der Waals surface area contributed by atoms with Crippen molar-refractivity contribution in [1.29, 1.82) is 0 Å². The molecule has 1 saturated carbocycles. The number of benzene rings is 1. The van der Waals surface area contributed by atoms with E-state index in [0.717, 1.165) is 37.1 Å². The Morgan fingerprint density at radius 2 is 1.90 bits per heavy atom. The summed E-state index contributed by atoms with van der Waals surface area (Å²) in [4.78, 5) is 21.5. The Morgan fingerprint density at radius 1 is 1.17 bits per heavy atom. The van der Waals surface area contributed by atoms with Crippen LogP contribution >= 0.6 is 11.8 Å². The lowest BCUT2D eigenvalue weighted by Gasteiger charge is -2.22. The van der Waals surface area contributed by atoms with Gasteiger partial charge in [-0.1, -0.05) is 36.2 Å². The standard InChI is InChI=1S/C21H24N6O2S/c1-29-17-10-8-16(9-11-17)27-18(14-30-21-22-12-5-13-23-21)19(25-26-27)20(28)24-15-6-3-2-4-7-15/h5,8-13,15H,2-4,6-7,14H2,1H3,(H,24,28). The summed E-state index contributed by atoms with van der Waals surface area (Å²) in [6, 6.07) is 9.48. The SMILES string of the molecule is COc1ccc(-n2nnc(C(=O)NC3CCCCC3)c2CSc2ncccn2)cc1. The van der Waals surface area contributed by atoms with Crippen molar-refractivity contribution in [2.45, 2.75) is 49.1 Å². The van der Waals surface area contributed by atoms with E-state index in [0.29, 0.717) is 22.3 Å². The van der Waals surface area contributed by atoms with Crippen molar-refractivity contribution >= 4 is 17.7 Å². The molecule has 1 fully saturated rings. The Labute approximate surface area is 179 Å². The van der Waals surface area contributed by atoms with E-state index in [1.54, 1.807) is 30.3 Å². The normalized spacial score (nSPS) is 14.4. The van der Waals surface area contributed by atoms with Gasteiger partial charge in [0.2, 0.25) is 0 Å². The maximum atomic E-state index is 13.0. The average Bonchev–Trinajstić information content (AvgIpc) is 3.23. The van der Waals surface area contributed by atoms with Gasteiger partial charge in [0.1, 0.15) is 5.75 Å². The first kappa shape index (κ1) is 20.3. The summed E-state index contributed by atoms with van der Waals surface area (Å²) in [7, 11) is 1.63. The molecule has 3 aromatic rings. The smallest absolute Gasteiger partial charge is 0.274 e. The number of amides is 1. The minimum atomic E-state index is -0.175. The highest BCUT2D eigenvalue weighted by Crippen LogP contribution is 2.24. The van der Waals surface area contributed by atoms with Crippen molar-refractivity contribution in [2.75, 3.05) is 7.11 Å². The van der Waals surface area contributed by atoms with Crippen LogP contribution in [0.5, 0.6) is 5.75 Å². The third-order valence-corrected chi connectivity index (χ3v) is 6.00. The van der Waals surface area contributed by atoms with Gasteiger partial charge in [-0.2, -0.15) is 0 Å². The summed E-state index contributed by atoms with van der Waals surface area (Å²) in [6.45, 7) is 0. The molecule has 2 heterocycles. The Morgan fingerprint density at radius 3 is 2.60 bits per heavy atom. The van der Waals surface area contributed by atoms with E-state index >= 15 is 0 Å². The molecule has 0 radical (unpaired) electrons. The fraction of sp³-hybridized carbons (Fsp3) is 0.381. The molecule has 1 aromatic carbocycles. The molecule has 9 heteroatoms. The number of carbonyl (C=O) groups is 1. The number of hydrogen-bond donors (Lipinski definition) is 1. The van der Waals surface area contributed by atoms with E-state index in [9.17, 15) is 4.79 Å². The second-order valence-electron chi connectivity index (χ2n) is 7.12. The molecule has 156 valence electrons. The van der Waals surface area contributed by atoms with Crippen LogP contribution in [0.3, 0.4) is 0 Å². The zero-order chi connectivity index (χ0) is 20.8. The van der Waals surface area contributed by atoms with Gasteiger partial charge in [-0.3, -0.25) is 4.79 Å². The number of nitrogens with zero attached hydrogens (tertiary/aromatic N) is 5. The Kier molecular flexibility index (Phi) is 6.58. The van der Waals surface area contributed by atoms with Crippen LogP contribution < -0.4 is 10.1 Å². The topological polar surface area (TPSA) is 94.8 Å². The lowest BCUT2D eigenvalue weighted by Crippen LogP contribution is -2.36. The fourth-order valence-electron chi connectivity index (χ4n) is 3.53. The van der Waals surface area contributed by atoms with Crippen molar-refractivity contribution in [3.05, 3.63) is 54.1 Å². The molecule has 1 aliphatic rings. The van der Waals surface area contributed by atoms with Crippen LogP contribution in [0.25, 0.3) is 5.69 Å². The first-order valence-corrected chi connectivity index (χ1v) is 11.0. The van der Waals surface area contributed by atoms with Crippen LogP contribution in [-0.2, 0) is 5.75 Å². The highest BCUT2D eigenvalue weighted by atomic mass is 32.2. The molecule has 0 aliphatic heterocycles. The molecule has 0 spiro atoms. The number of hydrogen-bond acceptors (Lipinski definition) is 7. The molecule has 1 amide bonds. The van der Waals surface area contributed by atoms with Crippen molar-refractivity contribution in [1.82, 2.24) is 30.3 Å². The average molecular weight is 425 g/mol. The molecule has 8 nitrogen and oxygen atoms in total. The molecule has 0 saturated heterocycles. The monoisotopic (exact) mass is 424 g/mol. The number of methoxy groups -OCH3 is 1. The largest absolute Gasteiger partial charge is 0.497 e. The molecule has 2 aromatic heterocycles. The highest BCUT2D eigenvalue weighted by molar-refractivity contribution is 7.98. The Bertz CT molecular complexity index is 971. The lowest BCUT2D eigenvalue weighted by molar-refractivity contribution is 0.0922. The number of rotatable bonds is 7. The van der Waals surface area contributed by atoms with E-state index in [4.69, 9.17) is 4.74 Å². The number of ether oxygens (including phenoxy) is 1. The van der Waals surface area contributed by atoms with Crippen molar-refractivity contribution in [2.24, 2.45) is 0 Å². The van der Waals surface area contributed by atoms with Crippen LogP contribution in [0.4, 0.5) is 0 Å². The van der Waals surface area contributed by atoms with E-state index < -0.39 is 0 Å². The maximum Gasteiger partial charge on any atom is 0.274 e. The van der Waals surface area contributed by atoms with Crippen LogP contribution in [-0.4, -0.2) is 44.0 Å². The predicted octanol–water partition coefficient (Wildman–Crippen LogP) is 3.42. The second-order valence-corrected chi connectivity index (χ2v) is 8.07. The molecule has 0 unspecified atom stereocenters. The summed E-state index contributed by atoms with van der Waals surface area (Å²) in [5, 5.41) is 12.3. The molecule has 1 N–H and O–H groups in total. The van der Waals surface area contributed by atoms with Crippen LogP contribution in [0.2, 0.25) is 0 Å². The van der Waals surface area contributed by atoms with Gasteiger partial charge in [-0.15, -0.1) is 5.10 Å². The molecule has 30 heavy (non-hydrogen) atoms. The summed E-state index contributed by atoms with van der Waals surface area (Å²) >= 11 is 1.44. The van der Waals surface area contributed by atoms with Crippen molar-refractivity contribution in [3.8, 4) is 11.4 Å². The Hall–Kier alpha value is -2.94. The predicted molar refractivity (Wildman–Crippen MR) is 114 cm³/mol. The number of nitrogens with one attached hydrogen (secondary N) is 1. The van der Waals surface area contributed by atoms with Gasteiger partial charge in [0.05, 0.1) is 18.5 Å². The minimum Gasteiger partial charge on any atom is -0.497 e. The van der Waals surface area contributed by atoms with Crippen LogP contribution in [0, 0.1) is 0 Å². The summed E-state index contributed by atoms with van der Waals surface area (Å²) in [5.74, 6) is 1.05. The van der Waals surface area contributed by atoms with Gasteiger partial charge in [-0.05, 0) is 43.2 Å². The van der Waals surface area contributed by atoms with E-state index in [1.807, 2.05) is 24.3 Å². The molecule has 0 atom stereocenters. The zero-order valence-electron chi connectivity index (χ0n) is 16.8. The van der Waals surface area contributed by atoms with Gasteiger partial charge in [0.25, 0.3) is 5.91 Å². The Balaban J connectivity index is 1.60. The van der Waals surface area contributed by atoms with Crippen LogP contribution in [0.15, 0.2) is 47.9 Å². The first-order valence-electron chi connectivity index (χ1n) is 10.0. The van der Waals surface area contributed by atoms with Crippen molar-refractivity contribution < 1.29 is 9.53 Å². The fourth-order valence-corrected chi connectivity index (χ4v) is 4.33.